The van der Waals surface area contributed by atoms with Crippen molar-refractivity contribution in [3.8, 4) is 16.3 Å². The van der Waals surface area contributed by atoms with E-state index in [9.17, 15) is 4.79 Å². The molecule has 2 rings (SSSR count). The highest BCUT2D eigenvalue weighted by Gasteiger charge is 2.16. The number of ether oxygens (including phenoxy) is 1. The summed E-state index contributed by atoms with van der Waals surface area (Å²) >= 11 is 1.43. The average Bonchev–Trinajstić information content (AvgIpc) is 3.01. The maximum atomic E-state index is 12.5. The van der Waals surface area contributed by atoms with Gasteiger partial charge in [-0.2, -0.15) is 0 Å². The maximum Gasteiger partial charge on any atom is 0.263 e. The number of aryl methyl sites for hydroxylation is 1. The summed E-state index contributed by atoms with van der Waals surface area (Å²) in [5.41, 5.74) is 1.77. The van der Waals surface area contributed by atoms with Gasteiger partial charge in [0.2, 0.25) is 0 Å². The molecule has 1 heterocycles. The molecule has 0 saturated heterocycles. The number of amides is 1. The molecule has 0 saturated carbocycles. The molecule has 0 aliphatic rings. The molecule has 142 valence electrons. The van der Waals surface area contributed by atoms with E-state index in [1.807, 2.05) is 38.1 Å². The van der Waals surface area contributed by atoms with Crippen LogP contribution in [0.5, 0.6) is 5.75 Å². The molecule has 2 aromatic rings. The summed E-state index contributed by atoms with van der Waals surface area (Å²) < 4.78 is 5.47. The van der Waals surface area contributed by atoms with Crippen LogP contribution in [0, 0.1) is 6.92 Å². The lowest BCUT2D eigenvalue weighted by molar-refractivity contribution is 0.0949. The standard InChI is InChI=1S/C20H29N3O2S/c1-6-23(14(3)4)13-12-21-19(24)18-15(5)22-20(26-18)16-8-10-17(11-9-16)25-7-2/h8-11,14H,6-7,12-13H2,1-5H3,(H,21,24). The second-order valence-electron chi connectivity index (χ2n) is 6.37. The number of carbonyl (C=O) groups is 1. The molecule has 0 fully saturated rings. The largest absolute Gasteiger partial charge is 0.494 e. The molecule has 0 radical (unpaired) electrons. The molecule has 1 N–H and O–H groups in total. The third-order valence-corrected chi connectivity index (χ3v) is 5.44. The van der Waals surface area contributed by atoms with Crippen LogP contribution in [0.2, 0.25) is 0 Å². The number of rotatable bonds is 9. The van der Waals surface area contributed by atoms with Gasteiger partial charge in [-0.15, -0.1) is 11.3 Å². The predicted molar refractivity (Wildman–Crippen MR) is 108 cm³/mol. The molecule has 1 aromatic heterocycles. The fraction of sp³-hybridized carbons (Fsp3) is 0.500. The Bertz CT molecular complexity index is 710. The zero-order valence-electron chi connectivity index (χ0n) is 16.3. The van der Waals surface area contributed by atoms with E-state index in [0.29, 0.717) is 24.1 Å². The van der Waals surface area contributed by atoms with Gasteiger partial charge in [-0.3, -0.25) is 9.69 Å². The summed E-state index contributed by atoms with van der Waals surface area (Å²) in [5, 5.41) is 3.87. The zero-order valence-corrected chi connectivity index (χ0v) is 17.2. The highest BCUT2D eigenvalue weighted by atomic mass is 32.1. The van der Waals surface area contributed by atoms with Gasteiger partial charge in [-0.25, -0.2) is 4.98 Å². The number of aromatic nitrogens is 1. The van der Waals surface area contributed by atoms with Crippen molar-refractivity contribution in [2.75, 3.05) is 26.2 Å². The summed E-state index contributed by atoms with van der Waals surface area (Å²) in [6.07, 6.45) is 0. The molecule has 0 bridgehead atoms. The lowest BCUT2D eigenvalue weighted by Gasteiger charge is -2.24. The van der Waals surface area contributed by atoms with Crippen molar-refractivity contribution in [2.45, 2.75) is 40.7 Å². The van der Waals surface area contributed by atoms with E-state index in [1.54, 1.807) is 0 Å². The first-order valence-corrected chi connectivity index (χ1v) is 10.0. The molecule has 5 nitrogen and oxygen atoms in total. The molecule has 26 heavy (non-hydrogen) atoms. The normalized spacial score (nSPS) is 11.2. The van der Waals surface area contributed by atoms with Crippen LogP contribution in [0.25, 0.3) is 10.6 Å². The molecular formula is C20H29N3O2S. The first-order chi connectivity index (χ1) is 12.5. The van der Waals surface area contributed by atoms with Crippen LogP contribution in [-0.4, -0.2) is 48.1 Å². The lowest BCUT2D eigenvalue weighted by atomic mass is 10.2. The number of benzene rings is 1. The molecule has 1 aromatic carbocycles. The molecule has 0 aliphatic heterocycles. The quantitative estimate of drug-likeness (QED) is 0.720. The second-order valence-corrected chi connectivity index (χ2v) is 7.37. The number of carbonyl (C=O) groups excluding carboxylic acids is 1. The van der Waals surface area contributed by atoms with Crippen molar-refractivity contribution in [3.05, 3.63) is 34.8 Å². The first-order valence-electron chi connectivity index (χ1n) is 9.19. The lowest BCUT2D eigenvalue weighted by Crippen LogP contribution is -2.38. The van der Waals surface area contributed by atoms with Gasteiger partial charge in [0.1, 0.15) is 15.6 Å². The fourth-order valence-electron chi connectivity index (χ4n) is 2.77. The van der Waals surface area contributed by atoms with Crippen molar-refractivity contribution in [1.82, 2.24) is 15.2 Å². The molecular weight excluding hydrogens is 346 g/mol. The molecule has 0 unspecified atom stereocenters. The van der Waals surface area contributed by atoms with E-state index in [1.165, 1.54) is 11.3 Å². The van der Waals surface area contributed by atoms with Gasteiger partial charge in [-0.05, 0) is 58.5 Å². The van der Waals surface area contributed by atoms with Gasteiger partial charge in [0.05, 0.1) is 12.3 Å². The van der Waals surface area contributed by atoms with Crippen LogP contribution in [0.4, 0.5) is 0 Å². The van der Waals surface area contributed by atoms with Crippen molar-refractivity contribution in [3.63, 3.8) is 0 Å². The van der Waals surface area contributed by atoms with Crippen molar-refractivity contribution < 1.29 is 9.53 Å². The molecule has 6 heteroatoms. The van der Waals surface area contributed by atoms with E-state index in [2.05, 4.69) is 36.0 Å². The van der Waals surface area contributed by atoms with Gasteiger partial charge in [0.25, 0.3) is 5.91 Å². The highest BCUT2D eigenvalue weighted by Crippen LogP contribution is 2.29. The van der Waals surface area contributed by atoms with Crippen LogP contribution < -0.4 is 10.1 Å². The van der Waals surface area contributed by atoms with Gasteiger partial charge in [0, 0.05) is 24.7 Å². The van der Waals surface area contributed by atoms with Crippen LogP contribution in [-0.2, 0) is 0 Å². The van der Waals surface area contributed by atoms with Crippen LogP contribution in [0.3, 0.4) is 0 Å². The number of likely N-dealkylation sites (N-methyl/N-ethyl adjacent to an activating group) is 1. The van der Waals surface area contributed by atoms with Crippen molar-refractivity contribution in [2.24, 2.45) is 0 Å². The topological polar surface area (TPSA) is 54.5 Å². The van der Waals surface area contributed by atoms with Crippen molar-refractivity contribution in [1.29, 1.82) is 0 Å². The number of nitrogens with one attached hydrogen (secondary N) is 1. The average molecular weight is 376 g/mol. The van der Waals surface area contributed by atoms with E-state index < -0.39 is 0 Å². The Balaban J connectivity index is 2.01. The summed E-state index contributed by atoms with van der Waals surface area (Å²) in [5.74, 6) is 0.796. The minimum atomic E-state index is -0.0444. The van der Waals surface area contributed by atoms with Crippen molar-refractivity contribution >= 4 is 17.2 Å². The maximum absolute atomic E-state index is 12.5. The van der Waals surface area contributed by atoms with Gasteiger partial charge in [0.15, 0.2) is 0 Å². The summed E-state index contributed by atoms with van der Waals surface area (Å²) in [6.45, 7) is 13.4. The summed E-state index contributed by atoms with van der Waals surface area (Å²) in [4.78, 5) is 20.1. The summed E-state index contributed by atoms with van der Waals surface area (Å²) in [6, 6.07) is 8.30. The number of thiazole rings is 1. The van der Waals surface area contributed by atoms with Gasteiger partial charge in [-0.1, -0.05) is 6.92 Å². The fourth-order valence-corrected chi connectivity index (χ4v) is 3.75. The Labute approximate surface area is 160 Å². The van der Waals surface area contributed by atoms with E-state index in [0.717, 1.165) is 35.1 Å². The Morgan fingerprint density at radius 1 is 1.27 bits per heavy atom. The Kier molecular flexibility index (Phi) is 7.60. The number of hydrogen-bond donors (Lipinski definition) is 1. The first kappa shape index (κ1) is 20.4. The van der Waals surface area contributed by atoms with E-state index in [4.69, 9.17) is 4.74 Å². The van der Waals surface area contributed by atoms with Crippen LogP contribution >= 0.6 is 11.3 Å². The SMILES string of the molecule is CCOc1ccc(-c2nc(C)c(C(=O)NCCN(CC)C(C)C)s2)cc1. The minimum absolute atomic E-state index is 0.0444. The molecule has 0 spiro atoms. The zero-order chi connectivity index (χ0) is 19.1. The Morgan fingerprint density at radius 2 is 1.96 bits per heavy atom. The van der Waals surface area contributed by atoms with E-state index in [-0.39, 0.29) is 5.91 Å². The Hall–Kier alpha value is -1.92. The Morgan fingerprint density at radius 3 is 2.54 bits per heavy atom. The number of nitrogens with zero attached hydrogens (tertiary/aromatic N) is 2. The van der Waals surface area contributed by atoms with E-state index >= 15 is 0 Å². The predicted octanol–water partition coefficient (Wildman–Crippen LogP) is 3.98. The summed E-state index contributed by atoms with van der Waals surface area (Å²) in [7, 11) is 0. The molecule has 1 amide bonds. The molecule has 0 atom stereocenters. The minimum Gasteiger partial charge on any atom is -0.494 e. The third kappa shape index (κ3) is 5.29. The second kappa shape index (κ2) is 9.69. The van der Waals surface area contributed by atoms with Gasteiger partial charge >= 0.3 is 0 Å². The van der Waals surface area contributed by atoms with Gasteiger partial charge < -0.3 is 10.1 Å². The molecule has 0 aliphatic carbocycles. The number of hydrogen-bond acceptors (Lipinski definition) is 5. The highest BCUT2D eigenvalue weighted by molar-refractivity contribution is 7.17. The van der Waals surface area contributed by atoms with Crippen LogP contribution in [0.1, 0.15) is 43.1 Å². The van der Waals surface area contributed by atoms with Crippen LogP contribution in [0.15, 0.2) is 24.3 Å². The monoisotopic (exact) mass is 375 g/mol. The third-order valence-electron chi connectivity index (χ3n) is 4.24. The smallest absolute Gasteiger partial charge is 0.263 e.